The van der Waals surface area contributed by atoms with E-state index in [1.54, 1.807) is 0 Å². The van der Waals surface area contributed by atoms with Crippen molar-refractivity contribution in [3.05, 3.63) is 221 Å². The third-order valence-electron chi connectivity index (χ3n) is 11.7. The van der Waals surface area contributed by atoms with Crippen LogP contribution in [0.1, 0.15) is 95.0 Å². The van der Waals surface area contributed by atoms with Gasteiger partial charge in [-0.25, -0.2) is 4.99 Å². The number of amidine groups is 1. The second-order valence-corrected chi connectivity index (χ2v) is 15.8. The van der Waals surface area contributed by atoms with Crippen molar-refractivity contribution in [2.24, 2.45) is 9.98 Å². The molecule has 2 atom stereocenters. The monoisotopic (exact) mass is 814 g/mol. The molecule has 6 aromatic rings. The van der Waals surface area contributed by atoms with E-state index in [-0.39, 0.29) is 6.04 Å². The van der Waals surface area contributed by atoms with Crippen LogP contribution in [0.5, 0.6) is 0 Å². The standard InChI is InChI=1S/C54H46N2S.2C2H6/c1-37(55-53(43-23-10-5-11-24-43)56-38(2)44-25-12-13-26-45(44)40-19-6-3-7-20-40)39-33-35-42(36-34-39)47-29-18-32-51-52(47)48-28-15-17-31-50(48)54(51,57)49-30-16-14-27-46(49)41-21-8-4-9-22-41;2*1-2/h3-10,14-23,25-36,38,57H,11-13,24H2,1-2H3;2*1-2H3. The summed E-state index contributed by atoms with van der Waals surface area (Å²) in [7, 11) is 0. The third kappa shape index (κ3) is 8.76. The lowest BCUT2D eigenvalue weighted by atomic mass is 9.83. The van der Waals surface area contributed by atoms with Crippen LogP contribution in [0.4, 0.5) is 0 Å². The van der Waals surface area contributed by atoms with Gasteiger partial charge in [-0.1, -0.05) is 210 Å². The largest absolute Gasteiger partial charge is 0.259 e. The maximum Gasteiger partial charge on any atom is 0.151 e. The first kappa shape index (κ1) is 43.1. The molecular weight excluding hydrogens is 757 g/mol. The van der Waals surface area contributed by atoms with Gasteiger partial charge in [0, 0.05) is 5.71 Å². The van der Waals surface area contributed by atoms with Crippen LogP contribution in [0, 0.1) is 0 Å². The average molecular weight is 815 g/mol. The molecule has 0 radical (unpaired) electrons. The van der Waals surface area contributed by atoms with Crippen molar-refractivity contribution in [1.29, 1.82) is 0 Å². The lowest BCUT2D eigenvalue weighted by molar-refractivity contribution is 0.858. The van der Waals surface area contributed by atoms with Crippen LogP contribution in [0.2, 0.25) is 0 Å². The van der Waals surface area contributed by atoms with Crippen LogP contribution >= 0.6 is 12.6 Å². The van der Waals surface area contributed by atoms with Crippen LogP contribution in [0.15, 0.2) is 203 Å². The molecule has 0 aliphatic heterocycles. The van der Waals surface area contributed by atoms with Crippen LogP contribution in [-0.2, 0) is 4.75 Å². The zero-order valence-corrected chi connectivity index (χ0v) is 37.5. The topological polar surface area (TPSA) is 24.7 Å². The summed E-state index contributed by atoms with van der Waals surface area (Å²) in [5.74, 6) is 0.825. The summed E-state index contributed by atoms with van der Waals surface area (Å²) in [6.45, 7) is 12.3. The first-order chi connectivity index (χ1) is 30.0. The fraction of sp³-hybridized carbons (Fsp3) is 0.207. The van der Waals surface area contributed by atoms with E-state index in [4.69, 9.17) is 22.6 Å². The predicted molar refractivity (Wildman–Crippen MR) is 268 cm³/mol. The van der Waals surface area contributed by atoms with Gasteiger partial charge in [0.1, 0.15) is 0 Å². The Hall–Kier alpha value is -6.03. The van der Waals surface area contributed by atoms with E-state index in [9.17, 15) is 0 Å². The summed E-state index contributed by atoms with van der Waals surface area (Å²) in [5.41, 5.74) is 17.9. The van der Waals surface area contributed by atoms with Crippen molar-refractivity contribution in [1.82, 2.24) is 0 Å². The zero-order chi connectivity index (χ0) is 42.8. The summed E-state index contributed by atoms with van der Waals surface area (Å²) in [4.78, 5) is 10.7. The van der Waals surface area contributed by atoms with Gasteiger partial charge in [0.2, 0.25) is 0 Å². The number of hydrogen-bond donors (Lipinski definition) is 1. The number of benzene rings is 6. The van der Waals surface area contributed by atoms with Crippen molar-refractivity contribution in [3.63, 3.8) is 0 Å². The minimum atomic E-state index is -0.626. The molecule has 6 aromatic carbocycles. The Balaban J connectivity index is 0.00000136. The Kier molecular flexibility index (Phi) is 14.1. The number of allylic oxidation sites excluding steroid dienone is 5. The second kappa shape index (κ2) is 20.0. The molecule has 2 unspecified atom stereocenters. The highest BCUT2D eigenvalue weighted by atomic mass is 32.1. The second-order valence-electron chi connectivity index (χ2n) is 15.2. The number of hydrogen-bond acceptors (Lipinski definition) is 2. The molecule has 0 heterocycles. The van der Waals surface area contributed by atoms with Crippen LogP contribution in [0.3, 0.4) is 0 Å². The van der Waals surface area contributed by atoms with E-state index in [1.165, 1.54) is 72.4 Å². The van der Waals surface area contributed by atoms with E-state index in [1.807, 2.05) is 27.7 Å². The highest BCUT2D eigenvalue weighted by Gasteiger charge is 2.44. The first-order valence-corrected chi connectivity index (χ1v) is 22.6. The molecule has 9 rings (SSSR count). The molecule has 306 valence electrons. The number of fused-ring (bicyclic) bond motifs is 3. The van der Waals surface area contributed by atoms with Crippen LogP contribution < -0.4 is 0 Å². The molecule has 0 N–H and O–H groups in total. The fourth-order valence-corrected chi connectivity index (χ4v) is 9.41. The highest BCUT2D eigenvalue weighted by molar-refractivity contribution is 7.82. The van der Waals surface area contributed by atoms with Crippen molar-refractivity contribution in [2.45, 2.75) is 78.0 Å². The van der Waals surface area contributed by atoms with Gasteiger partial charge in [-0.3, -0.25) is 4.99 Å². The average Bonchev–Trinajstić information content (AvgIpc) is 3.62. The van der Waals surface area contributed by atoms with Gasteiger partial charge in [0.15, 0.2) is 5.84 Å². The van der Waals surface area contributed by atoms with E-state index in [0.717, 1.165) is 42.8 Å². The Morgan fingerprint density at radius 2 is 1.13 bits per heavy atom. The summed E-state index contributed by atoms with van der Waals surface area (Å²) in [6.07, 6.45) is 15.3. The van der Waals surface area contributed by atoms with Crippen molar-refractivity contribution in [2.75, 3.05) is 0 Å². The Labute approximate surface area is 370 Å². The van der Waals surface area contributed by atoms with Crippen LogP contribution in [-0.4, -0.2) is 17.6 Å². The summed E-state index contributed by atoms with van der Waals surface area (Å²) >= 11 is 5.67. The minimum Gasteiger partial charge on any atom is -0.259 e. The Morgan fingerprint density at radius 3 is 1.80 bits per heavy atom. The summed E-state index contributed by atoms with van der Waals surface area (Å²) in [6, 6.07) is 54.5. The Bertz CT molecular complexity index is 2640. The minimum absolute atomic E-state index is 0.0286. The maximum atomic E-state index is 5.67. The van der Waals surface area contributed by atoms with E-state index >= 15 is 0 Å². The van der Waals surface area contributed by atoms with E-state index < -0.39 is 4.75 Å². The highest BCUT2D eigenvalue weighted by Crippen LogP contribution is 2.58. The van der Waals surface area contributed by atoms with Crippen molar-refractivity contribution in [3.8, 4) is 33.4 Å². The van der Waals surface area contributed by atoms with Gasteiger partial charge in [-0.15, -0.1) is 0 Å². The molecule has 61 heavy (non-hydrogen) atoms. The van der Waals surface area contributed by atoms with Gasteiger partial charge < -0.3 is 0 Å². The summed E-state index contributed by atoms with van der Waals surface area (Å²) in [5, 5.41) is 0. The molecule has 0 spiro atoms. The quantitative estimate of drug-likeness (QED) is 0.0899. The molecule has 3 aliphatic rings. The molecular formula is C58H58N2S. The number of thiol groups is 1. The zero-order valence-electron chi connectivity index (χ0n) is 36.6. The van der Waals surface area contributed by atoms with E-state index in [0.29, 0.717) is 0 Å². The lowest BCUT2D eigenvalue weighted by Gasteiger charge is -2.30. The van der Waals surface area contributed by atoms with Crippen molar-refractivity contribution < 1.29 is 0 Å². The van der Waals surface area contributed by atoms with Gasteiger partial charge >= 0.3 is 0 Å². The van der Waals surface area contributed by atoms with Gasteiger partial charge in [0.25, 0.3) is 0 Å². The SMILES string of the molecule is CC.CC.CC(=NC(=NC(C)C1=CCCC=C1c1ccccc1)C1=CC=CCC1)c1ccc(-c2cccc3c2-c2ccccc2C3(S)c2ccccc2-c2ccccc2)cc1. The molecule has 0 fully saturated rings. The molecule has 0 aromatic heterocycles. The lowest BCUT2D eigenvalue weighted by Crippen LogP contribution is -2.20. The van der Waals surface area contributed by atoms with Crippen LogP contribution in [0.25, 0.3) is 39.0 Å². The number of nitrogens with zero attached hydrogens (tertiary/aromatic N) is 2. The predicted octanol–water partition coefficient (Wildman–Crippen LogP) is 16.0. The van der Waals surface area contributed by atoms with E-state index in [2.05, 4.69) is 196 Å². The smallest absolute Gasteiger partial charge is 0.151 e. The molecule has 3 heteroatoms. The number of rotatable bonds is 8. The summed E-state index contributed by atoms with van der Waals surface area (Å²) < 4.78 is -0.626. The third-order valence-corrected chi connectivity index (χ3v) is 12.4. The molecule has 0 bridgehead atoms. The first-order valence-electron chi connectivity index (χ1n) is 22.2. The number of aliphatic imine (C=N–C) groups is 2. The van der Waals surface area contributed by atoms with Gasteiger partial charge in [-0.05, 0) is 117 Å². The molecule has 0 saturated heterocycles. The fourth-order valence-electron chi connectivity index (χ4n) is 8.84. The molecule has 2 nitrogen and oxygen atoms in total. The molecule has 0 amide bonds. The van der Waals surface area contributed by atoms with Gasteiger partial charge in [0.05, 0.1) is 10.8 Å². The van der Waals surface area contributed by atoms with Gasteiger partial charge in [-0.2, -0.15) is 12.6 Å². The van der Waals surface area contributed by atoms with Crippen molar-refractivity contribution >= 4 is 29.7 Å². The molecule has 3 aliphatic carbocycles. The normalized spacial score (nSPS) is 17.3. The Morgan fingerprint density at radius 1 is 0.574 bits per heavy atom. The maximum absolute atomic E-state index is 5.67. The molecule has 0 saturated carbocycles.